The van der Waals surface area contributed by atoms with Gasteiger partial charge in [0.05, 0.1) is 13.2 Å². The molecule has 5 atom stereocenters. The summed E-state index contributed by atoms with van der Waals surface area (Å²) in [5.41, 5.74) is 0. The van der Waals surface area contributed by atoms with E-state index in [-0.39, 0.29) is 24.4 Å². The van der Waals surface area contributed by atoms with Crippen LogP contribution in [0.3, 0.4) is 0 Å². The SMILES string of the molecule is CC1(C)OC[C@H]([C@H]2O[C@@]3(CC=CCCO3)[C@H]3OC(C)(C)O[C@@H]23)O1. The highest BCUT2D eigenvalue weighted by Crippen LogP contribution is 2.49. The molecule has 0 unspecified atom stereocenters. The minimum absolute atomic E-state index is 0.190. The van der Waals surface area contributed by atoms with Gasteiger partial charge in [-0.1, -0.05) is 12.2 Å². The molecule has 0 N–H and O–H groups in total. The molecule has 0 aliphatic carbocycles. The van der Waals surface area contributed by atoms with Crippen molar-refractivity contribution >= 4 is 0 Å². The first-order valence-electron chi connectivity index (χ1n) is 8.45. The third kappa shape index (κ3) is 2.75. The van der Waals surface area contributed by atoms with Gasteiger partial charge in [0.15, 0.2) is 11.6 Å². The van der Waals surface area contributed by atoms with Crippen LogP contribution in [-0.2, 0) is 28.4 Å². The van der Waals surface area contributed by atoms with Crippen molar-refractivity contribution in [2.24, 2.45) is 0 Å². The summed E-state index contributed by atoms with van der Waals surface area (Å²) in [6, 6.07) is 0. The highest BCUT2D eigenvalue weighted by Gasteiger charge is 2.65. The molecule has 4 rings (SSSR count). The molecule has 130 valence electrons. The molecule has 3 saturated heterocycles. The van der Waals surface area contributed by atoms with Crippen molar-refractivity contribution in [2.45, 2.75) is 82.3 Å². The van der Waals surface area contributed by atoms with Crippen LogP contribution in [0.15, 0.2) is 12.2 Å². The average Bonchev–Trinajstić information content (AvgIpc) is 2.97. The topological polar surface area (TPSA) is 55.4 Å². The molecule has 0 bridgehead atoms. The summed E-state index contributed by atoms with van der Waals surface area (Å²) in [7, 11) is 0. The van der Waals surface area contributed by atoms with Gasteiger partial charge in [0.25, 0.3) is 0 Å². The lowest BCUT2D eigenvalue weighted by molar-refractivity contribution is -0.299. The van der Waals surface area contributed by atoms with Crippen molar-refractivity contribution in [3.8, 4) is 0 Å². The summed E-state index contributed by atoms with van der Waals surface area (Å²) in [6.45, 7) is 8.78. The Kier molecular flexibility index (Phi) is 3.65. The van der Waals surface area contributed by atoms with Crippen molar-refractivity contribution < 1.29 is 28.4 Å². The quantitative estimate of drug-likeness (QED) is 0.688. The fraction of sp³-hybridized carbons (Fsp3) is 0.882. The van der Waals surface area contributed by atoms with E-state index in [0.717, 1.165) is 6.42 Å². The molecule has 4 aliphatic rings. The summed E-state index contributed by atoms with van der Waals surface area (Å²) in [5.74, 6) is -2.05. The van der Waals surface area contributed by atoms with Crippen molar-refractivity contribution in [1.29, 1.82) is 0 Å². The largest absolute Gasteiger partial charge is 0.348 e. The lowest BCUT2D eigenvalue weighted by atomic mass is 10.00. The summed E-state index contributed by atoms with van der Waals surface area (Å²) < 4.78 is 36.5. The van der Waals surface area contributed by atoms with Crippen molar-refractivity contribution in [3.05, 3.63) is 12.2 Å². The van der Waals surface area contributed by atoms with E-state index in [1.54, 1.807) is 0 Å². The zero-order valence-corrected chi connectivity index (χ0v) is 14.2. The molecule has 0 saturated carbocycles. The van der Waals surface area contributed by atoms with Crippen LogP contribution in [-0.4, -0.2) is 55.0 Å². The Morgan fingerprint density at radius 2 is 1.65 bits per heavy atom. The predicted molar refractivity (Wildman–Crippen MR) is 80.7 cm³/mol. The number of rotatable bonds is 1. The minimum atomic E-state index is -0.799. The van der Waals surface area contributed by atoms with Crippen LogP contribution in [0.5, 0.6) is 0 Å². The molecule has 6 heteroatoms. The van der Waals surface area contributed by atoms with E-state index in [0.29, 0.717) is 19.6 Å². The van der Waals surface area contributed by atoms with Crippen molar-refractivity contribution in [3.63, 3.8) is 0 Å². The molecule has 0 amide bonds. The van der Waals surface area contributed by atoms with Crippen LogP contribution in [0.2, 0.25) is 0 Å². The van der Waals surface area contributed by atoms with E-state index in [1.807, 2.05) is 27.7 Å². The number of hydrogen-bond donors (Lipinski definition) is 0. The number of fused-ring (bicyclic) bond motifs is 2. The maximum absolute atomic E-state index is 6.38. The first-order valence-corrected chi connectivity index (χ1v) is 8.45. The van der Waals surface area contributed by atoms with Gasteiger partial charge in [-0.15, -0.1) is 0 Å². The number of ether oxygens (including phenoxy) is 6. The molecular weight excluding hydrogens is 300 g/mol. The molecule has 23 heavy (non-hydrogen) atoms. The highest BCUT2D eigenvalue weighted by molar-refractivity contribution is 5.09. The summed E-state index contributed by atoms with van der Waals surface area (Å²) in [6.07, 6.45) is 4.82. The van der Waals surface area contributed by atoms with Crippen LogP contribution >= 0.6 is 0 Å². The Hall–Kier alpha value is -0.500. The van der Waals surface area contributed by atoms with E-state index < -0.39 is 17.4 Å². The van der Waals surface area contributed by atoms with Crippen LogP contribution in [0.4, 0.5) is 0 Å². The zero-order valence-electron chi connectivity index (χ0n) is 14.2. The van der Waals surface area contributed by atoms with Gasteiger partial charge in [-0.3, -0.25) is 0 Å². The van der Waals surface area contributed by atoms with Gasteiger partial charge >= 0.3 is 0 Å². The van der Waals surface area contributed by atoms with Crippen molar-refractivity contribution in [1.82, 2.24) is 0 Å². The second kappa shape index (κ2) is 5.25. The van der Waals surface area contributed by atoms with Gasteiger partial charge in [0.1, 0.15) is 24.4 Å². The van der Waals surface area contributed by atoms with Gasteiger partial charge in [-0.05, 0) is 34.1 Å². The third-order valence-electron chi connectivity index (χ3n) is 4.82. The molecule has 6 nitrogen and oxygen atoms in total. The Morgan fingerprint density at radius 1 is 0.826 bits per heavy atom. The Labute approximate surface area is 137 Å². The number of hydrogen-bond acceptors (Lipinski definition) is 6. The molecule has 0 aromatic heterocycles. The second-order valence-electron chi connectivity index (χ2n) is 7.59. The average molecular weight is 326 g/mol. The molecule has 1 spiro atoms. The van der Waals surface area contributed by atoms with Crippen LogP contribution < -0.4 is 0 Å². The molecule has 4 heterocycles. The molecular formula is C17H26O6. The van der Waals surface area contributed by atoms with Crippen molar-refractivity contribution in [2.75, 3.05) is 13.2 Å². The molecule has 0 aromatic carbocycles. The minimum Gasteiger partial charge on any atom is -0.348 e. The normalized spacial score (nSPS) is 47.8. The lowest BCUT2D eigenvalue weighted by Gasteiger charge is -2.34. The van der Waals surface area contributed by atoms with E-state index in [1.165, 1.54) is 0 Å². The molecule has 4 aliphatic heterocycles. The van der Waals surface area contributed by atoms with Crippen LogP contribution in [0, 0.1) is 0 Å². The lowest BCUT2D eigenvalue weighted by Crippen LogP contribution is -2.45. The molecule has 0 aromatic rings. The van der Waals surface area contributed by atoms with E-state index in [4.69, 9.17) is 28.4 Å². The van der Waals surface area contributed by atoms with Gasteiger partial charge < -0.3 is 28.4 Å². The van der Waals surface area contributed by atoms with Crippen LogP contribution in [0.25, 0.3) is 0 Å². The first kappa shape index (κ1) is 16.0. The van der Waals surface area contributed by atoms with E-state index >= 15 is 0 Å². The Balaban J connectivity index is 1.62. The second-order valence-corrected chi connectivity index (χ2v) is 7.59. The Morgan fingerprint density at radius 3 is 2.39 bits per heavy atom. The molecule has 0 radical (unpaired) electrons. The smallest absolute Gasteiger partial charge is 0.201 e. The maximum atomic E-state index is 6.38. The summed E-state index contributed by atoms with van der Waals surface area (Å²) >= 11 is 0. The van der Waals surface area contributed by atoms with Gasteiger partial charge in [-0.2, -0.15) is 0 Å². The van der Waals surface area contributed by atoms with Gasteiger partial charge in [-0.25, -0.2) is 0 Å². The zero-order chi connectivity index (χ0) is 16.3. The third-order valence-corrected chi connectivity index (χ3v) is 4.82. The first-order chi connectivity index (χ1) is 10.8. The summed E-state index contributed by atoms with van der Waals surface area (Å²) in [5, 5.41) is 0. The fourth-order valence-corrected chi connectivity index (χ4v) is 3.90. The van der Waals surface area contributed by atoms with Gasteiger partial charge in [0.2, 0.25) is 5.79 Å². The van der Waals surface area contributed by atoms with E-state index in [9.17, 15) is 0 Å². The summed E-state index contributed by atoms with van der Waals surface area (Å²) in [4.78, 5) is 0. The Bertz CT molecular complexity index is 501. The molecule has 3 fully saturated rings. The predicted octanol–water partition coefficient (Wildman–Crippen LogP) is 2.12. The van der Waals surface area contributed by atoms with Gasteiger partial charge in [0, 0.05) is 6.42 Å². The highest BCUT2D eigenvalue weighted by atomic mass is 16.8. The fourth-order valence-electron chi connectivity index (χ4n) is 3.90. The standard InChI is InChI=1S/C17H26O6/c1-15(2)19-10-11(20-15)12-13-14(23-16(3,4)21-13)17(22-12)8-6-5-7-9-18-17/h5-6,11-14H,7-10H2,1-4H3/t11-,12-,13+,14+,17+/m1/s1. The maximum Gasteiger partial charge on any atom is 0.201 e. The van der Waals surface area contributed by atoms with Crippen LogP contribution in [0.1, 0.15) is 40.5 Å². The monoisotopic (exact) mass is 326 g/mol. The van der Waals surface area contributed by atoms with E-state index in [2.05, 4.69) is 12.2 Å².